The van der Waals surface area contributed by atoms with Gasteiger partial charge in [0.1, 0.15) is 18.0 Å². The summed E-state index contributed by atoms with van der Waals surface area (Å²) in [4.78, 5) is 40.0. The number of rotatable bonds is 5. The number of morpholine rings is 1. The first-order valence-corrected chi connectivity index (χ1v) is 9.17. The van der Waals surface area contributed by atoms with E-state index < -0.39 is 11.1 Å². The van der Waals surface area contributed by atoms with Crippen LogP contribution in [-0.4, -0.2) is 73.9 Å². The first-order chi connectivity index (χ1) is 13.0. The molecule has 2 aliphatic heterocycles. The van der Waals surface area contributed by atoms with Gasteiger partial charge in [-0.1, -0.05) is 0 Å². The maximum Gasteiger partial charge on any atom is 0.294 e. The van der Waals surface area contributed by atoms with Gasteiger partial charge in [-0.25, -0.2) is 0 Å². The fraction of sp³-hybridized carbons (Fsp3) is 0.389. The second-order valence-electron chi connectivity index (χ2n) is 5.91. The summed E-state index contributed by atoms with van der Waals surface area (Å²) in [5.74, 6) is 0.406. The predicted octanol–water partition coefficient (Wildman–Crippen LogP) is 1.60. The van der Waals surface area contributed by atoms with Crippen LogP contribution in [0.25, 0.3) is 6.08 Å². The molecule has 27 heavy (non-hydrogen) atoms. The Hall–Kier alpha value is -2.52. The van der Waals surface area contributed by atoms with Crippen molar-refractivity contribution in [2.75, 3.05) is 47.1 Å². The van der Waals surface area contributed by atoms with Crippen molar-refractivity contribution in [2.24, 2.45) is 0 Å². The van der Waals surface area contributed by atoms with Gasteiger partial charge in [-0.2, -0.15) is 0 Å². The Labute approximate surface area is 161 Å². The molecule has 0 radical (unpaired) electrons. The molecular weight excluding hydrogens is 372 g/mol. The van der Waals surface area contributed by atoms with Crippen molar-refractivity contribution in [2.45, 2.75) is 0 Å². The predicted molar refractivity (Wildman–Crippen MR) is 99.6 cm³/mol. The van der Waals surface area contributed by atoms with E-state index in [0.29, 0.717) is 43.4 Å². The quantitative estimate of drug-likeness (QED) is 0.704. The minimum atomic E-state index is -0.478. The van der Waals surface area contributed by atoms with Gasteiger partial charge in [0.2, 0.25) is 5.91 Å². The van der Waals surface area contributed by atoms with E-state index in [0.717, 1.165) is 16.7 Å². The molecule has 2 aliphatic rings. The number of carbonyl (C=O) groups is 3. The Balaban J connectivity index is 1.75. The van der Waals surface area contributed by atoms with Gasteiger partial charge in [0.25, 0.3) is 11.1 Å². The lowest BCUT2D eigenvalue weighted by atomic mass is 10.2. The highest BCUT2D eigenvalue weighted by atomic mass is 32.2. The number of nitrogens with zero attached hydrogens (tertiary/aromatic N) is 2. The van der Waals surface area contributed by atoms with E-state index in [1.807, 2.05) is 0 Å². The second-order valence-corrected chi connectivity index (χ2v) is 6.90. The van der Waals surface area contributed by atoms with E-state index in [1.54, 1.807) is 29.2 Å². The molecule has 0 N–H and O–H groups in total. The highest BCUT2D eigenvalue weighted by molar-refractivity contribution is 8.18. The molecule has 144 valence electrons. The van der Waals surface area contributed by atoms with E-state index >= 15 is 0 Å². The minimum Gasteiger partial charge on any atom is -0.497 e. The minimum absolute atomic E-state index is 0.255. The summed E-state index contributed by atoms with van der Waals surface area (Å²) in [5.41, 5.74) is 0.663. The Kier molecular flexibility index (Phi) is 6.02. The Morgan fingerprint density at radius 2 is 1.78 bits per heavy atom. The second kappa shape index (κ2) is 8.45. The van der Waals surface area contributed by atoms with Crippen LogP contribution in [-0.2, 0) is 14.3 Å². The van der Waals surface area contributed by atoms with Crippen LogP contribution in [0.5, 0.6) is 11.5 Å². The highest BCUT2D eigenvalue weighted by Crippen LogP contribution is 2.33. The fourth-order valence-electron chi connectivity index (χ4n) is 2.75. The van der Waals surface area contributed by atoms with Crippen LogP contribution in [0.4, 0.5) is 4.79 Å². The van der Waals surface area contributed by atoms with Gasteiger partial charge in [-0.15, -0.1) is 0 Å². The van der Waals surface area contributed by atoms with Crippen molar-refractivity contribution in [1.82, 2.24) is 9.80 Å². The van der Waals surface area contributed by atoms with E-state index in [1.165, 1.54) is 14.2 Å². The van der Waals surface area contributed by atoms with Gasteiger partial charge in [0, 0.05) is 19.2 Å². The molecule has 0 aliphatic carbocycles. The summed E-state index contributed by atoms with van der Waals surface area (Å²) in [6.45, 7) is 1.60. The largest absolute Gasteiger partial charge is 0.497 e. The monoisotopic (exact) mass is 392 g/mol. The van der Waals surface area contributed by atoms with Gasteiger partial charge in [-0.05, 0) is 35.5 Å². The van der Waals surface area contributed by atoms with Gasteiger partial charge in [0.05, 0.1) is 32.3 Å². The van der Waals surface area contributed by atoms with Crippen molar-refractivity contribution >= 4 is 34.9 Å². The van der Waals surface area contributed by atoms with Gasteiger partial charge in [0.15, 0.2) is 0 Å². The Bertz CT molecular complexity index is 766. The van der Waals surface area contributed by atoms with Crippen LogP contribution in [0.2, 0.25) is 0 Å². The number of carbonyl (C=O) groups excluding carboxylic acids is 3. The van der Waals surface area contributed by atoms with Crippen LogP contribution in [0.15, 0.2) is 23.1 Å². The molecular formula is C18H20N2O6S. The number of hydrogen-bond acceptors (Lipinski definition) is 7. The number of amides is 3. The number of ether oxygens (including phenoxy) is 3. The van der Waals surface area contributed by atoms with Crippen molar-refractivity contribution in [3.05, 3.63) is 28.7 Å². The Morgan fingerprint density at radius 1 is 1.15 bits per heavy atom. The maximum atomic E-state index is 12.6. The zero-order valence-corrected chi connectivity index (χ0v) is 15.9. The standard InChI is InChI=1S/C18H20N2O6S/c1-24-13-7-12(8-14(10-13)25-2)9-15-17(22)20(18(23)27-15)11-16(21)19-3-5-26-6-4-19/h7-10H,3-6,11H2,1-2H3/b15-9-. The van der Waals surface area contributed by atoms with E-state index in [4.69, 9.17) is 14.2 Å². The molecule has 2 fully saturated rings. The summed E-state index contributed by atoms with van der Waals surface area (Å²) in [7, 11) is 3.06. The van der Waals surface area contributed by atoms with Gasteiger partial charge < -0.3 is 19.1 Å². The average molecular weight is 392 g/mol. The molecule has 0 spiro atoms. The smallest absolute Gasteiger partial charge is 0.294 e. The van der Waals surface area contributed by atoms with E-state index in [-0.39, 0.29) is 17.4 Å². The lowest BCUT2D eigenvalue weighted by molar-refractivity contribution is -0.139. The molecule has 0 unspecified atom stereocenters. The van der Waals surface area contributed by atoms with Crippen molar-refractivity contribution in [1.29, 1.82) is 0 Å². The Morgan fingerprint density at radius 3 is 2.37 bits per heavy atom. The van der Waals surface area contributed by atoms with Crippen LogP contribution in [0, 0.1) is 0 Å². The molecule has 1 aromatic carbocycles. The van der Waals surface area contributed by atoms with Crippen LogP contribution >= 0.6 is 11.8 Å². The zero-order chi connectivity index (χ0) is 19.4. The first-order valence-electron chi connectivity index (χ1n) is 8.36. The normalized spacial score (nSPS) is 19.0. The summed E-state index contributed by atoms with van der Waals surface area (Å²) in [6.07, 6.45) is 1.59. The average Bonchev–Trinajstić information content (AvgIpc) is 2.95. The van der Waals surface area contributed by atoms with Crippen molar-refractivity contribution < 1.29 is 28.6 Å². The molecule has 2 heterocycles. The van der Waals surface area contributed by atoms with Gasteiger partial charge >= 0.3 is 0 Å². The topological polar surface area (TPSA) is 85.4 Å². The molecule has 3 rings (SSSR count). The summed E-state index contributed by atoms with van der Waals surface area (Å²) in [6, 6.07) is 5.18. The molecule has 2 saturated heterocycles. The third kappa shape index (κ3) is 4.42. The fourth-order valence-corrected chi connectivity index (χ4v) is 3.59. The van der Waals surface area contributed by atoms with E-state index in [9.17, 15) is 14.4 Å². The summed E-state index contributed by atoms with van der Waals surface area (Å²) < 4.78 is 15.6. The number of imide groups is 1. The van der Waals surface area contributed by atoms with Crippen molar-refractivity contribution in [3.8, 4) is 11.5 Å². The molecule has 0 atom stereocenters. The number of thioether (sulfide) groups is 1. The zero-order valence-electron chi connectivity index (χ0n) is 15.1. The molecule has 0 bridgehead atoms. The molecule has 1 aromatic rings. The third-order valence-electron chi connectivity index (χ3n) is 4.20. The number of benzene rings is 1. The first kappa shape index (κ1) is 19.2. The summed E-state index contributed by atoms with van der Waals surface area (Å²) >= 11 is 0.814. The molecule has 3 amide bonds. The summed E-state index contributed by atoms with van der Waals surface area (Å²) in [5, 5.41) is -0.456. The molecule has 0 aromatic heterocycles. The SMILES string of the molecule is COc1cc(/C=C2\SC(=O)N(CC(=O)N3CCOCC3)C2=O)cc(OC)c1. The lowest BCUT2D eigenvalue weighted by Crippen LogP contribution is -2.46. The third-order valence-corrected chi connectivity index (χ3v) is 5.11. The number of methoxy groups -OCH3 is 2. The van der Waals surface area contributed by atoms with Crippen molar-refractivity contribution in [3.63, 3.8) is 0 Å². The van der Waals surface area contributed by atoms with E-state index in [2.05, 4.69) is 0 Å². The number of hydrogen-bond donors (Lipinski definition) is 0. The van der Waals surface area contributed by atoms with Crippen LogP contribution < -0.4 is 9.47 Å². The van der Waals surface area contributed by atoms with Crippen LogP contribution in [0.1, 0.15) is 5.56 Å². The molecule has 9 heteroatoms. The maximum absolute atomic E-state index is 12.6. The van der Waals surface area contributed by atoms with Gasteiger partial charge in [-0.3, -0.25) is 19.3 Å². The molecule has 8 nitrogen and oxygen atoms in total. The van der Waals surface area contributed by atoms with Crippen LogP contribution in [0.3, 0.4) is 0 Å². The lowest BCUT2D eigenvalue weighted by Gasteiger charge is -2.28. The molecule has 0 saturated carbocycles. The highest BCUT2D eigenvalue weighted by Gasteiger charge is 2.37.